The van der Waals surface area contributed by atoms with Crippen LogP contribution in [0, 0.1) is 0 Å². The zero-order valence-electron chi connectivity index (χ0n) is 16.3. The average molecular weight is 383 g/mol. The highest BCUT2D eigenvalue weighted by Crippen LogP contribution is 2.49. The molecule has 0 aliphatic carbocycles. The van der Waals surface area contributed by atoms with Crippen LogP contribution in [0.1, 0.15) is 90.4 Å². The number of hydrogen-bond acceptors (Lipinski definition) is 3. The Morgan fingerprint density at radius 1 is 0.880 bits per heavy atom. The van der Waals surface area contributed by atoms with Gasteiger partial charge in [0, 0.05) is 18.9 Å². The molecule has 0 N–H and O–H groups in total. The first-order valence-electron chi connectivity index (χ1n) is 10.6. The van der Waals surface area contributed by atoms with Gasteiger partial charge in [-0.3, -0.25) is 0 Å². The molecule has 0 amide bonds. The average Bonchev–Trinajstić information content (AvgIpc) is 3.15. The van der Waals surface area contributed by atoms with Crippen molar-refractivity contribution in [2.45, 2.75) is 101 Å². The molecule has 1 fully saturated rings. The lowest BCUT2D eigenvalue weighted by Crippen LogP contribution is -2.25. The van der Waals surface area contributed by atoms with E-state index in [-0.39, 0.29) is 0 Å². The molecule has 1 aromatic heterocycles. The van der Waals surface area contributed by atoms with Crippen LogP contribution in [-0.4, -0.2) is 25.1 Å². The monoisotopic (exact) mass is 382 g/mol. The minimum atomic E-state index is 0.514. The van der Waals surface area contributed by atoms with Gasteiger partial charge in [0.05, 0.1) is 10.4 Å². The van der Waals surface area contributed by atoms with Gasteiger partial charge >= 0.3 is 0 Å². The number of rotatable bonds is 14. The Bertz CT molecular complexity index is 414. The molecular weight excluding hydrogens is 344 g/mol. The van der Waals surface area contributed by atoms with Gasteiger partial charge in [0.2, 0.25) is 0 Å². The lowest BCUT2D eigenvalue weighted by Gasteiger charge is -2.36. The first kappa shape index (κ1) is 21.2. The Morgan fingerprint density at radius 2 is 1.52 bits per heavy atom. The molecule has 2 rings (SSSR count). The standard InChI is InChI=1S/C21H38N2S2/c1-2-3-4-5-6-7-8-9-10-13-21(24-18-12-19-25-21)14-11-16-23-17-15-22-20-23/h15,17,20H,2-14,16,18-19H2,1H3. The smallest absolute Gasteiger partial charge is 0.0945 e. The maximum Gasteiger partial charge on any atom is 0.0945 e. The molecule has 0 bridgehead atoms. The fourth-order valence-electron chi connectivity index (χ4n) is 3.69. The van der Waals surface area contributed by atoms with E-state index < -0.39 is 0 Å². The van der Waals surface area contributed by atoms with E-state index in [9.17, 15) is 0 Å². The van der Waals surface area contributed by atoms with Crippen molar-refractivity contribution in [3.8, 4) is 0 Å². The number of unbranched alkanes of at least 4 members (excludes halogenated alkanes) is 8. The second kappa shape index (κ2) is 13.1. The molecule has 2 nitrogen and oxygen atoms in total. The highest BCUT2D eigenvalue weighted by Gasteiger charge is 2.32. The quantitative estimate of drug-likeness (QED) is 0.318. The van der Waals surface area contributed by atoms with Gasteiger partial charge in [0.15, 0.2) is 0 Å². The number of aryl methyl sites for hydroxylation is 1. The fourth-order valence-corrected chi connectivity index (χ4v) is 7.18. The molecule has 1 aliphatic rings. The summed E-state index contributed by atoms with van der Waals surface area (Å²) in [6, 6.07) is 0. The maximum absolute atomic E-state index is 4.16. The zero-order valence-corrected chi connectivity index (χ0v) is 17.9. The van der Waals surface area contributed by atoms with Crippen LogP contribution in [0.25, 0.3) is 0 Å². The van der Waals surface area contributed by atoms with Gasteiger partial charge in [-0.05, 0) is 37.2 Å². The normalized spacial score (nSPS) is 17.0. The SMILES string of the molecule is CCCCCCCCCCCC1(CCCn2ccnc2)SCCCS1. The van der Waals surface area contributed by atoms with Crippen LogP contribution in [0.15, 0.2) is 18.7 Å². The van der Waals surface area contributed by atoms with E-state index in [1.807, 2.05) is 12.5 Å². The van der Waals surface area contributed by atoms with E-state index in [4.69, 9.17) is 0 Å². The minimum absolute atomic E-state index is 0.514. The third kappa shape index (κ3) is 8.90. The van der Waals surface area contributed by atoms with Crippen LogP contribution in [0.5, 0.6) is 0 Å². The number of thioether (sulfide) groups is 2. The van der Waals surface area contributed by atoms with Gasteiger partial charge in [-0.25, -0.2) is 4.98 Å². The van der Waals surface area contributed by atoms with Crippen LogP contribution in [0.2, 0.25) is 0 Å². The van der Waals surface area contributed by atoms with Gasteiger partial charge < -0.3 is 4.57 Å². The second-order valence-corrected chi connectivity index (χ2v) is 10.7. The number of nitrogens with zero attached hydrogens (tertiary/aromatic N) is 2. The summed E-state index contributed by atoms with van der Waals surface area (Å²) < 4.78 is 2.74. The highest BCUT2D eigenvalue weighted by molar-refractivity contribution is 8.18. The summed E-state index contributed by atoms with van der Waals surface area (Å²) in [6.07, 6.45) is 24.3. The molecule has 4 heteroatoms. The summed E-state index contributed by atoms with van der Waals surface area (Å²) in [5.41, 5.74) is 0. The number of imidazole rings is 1. The van der Waals surface area contributed by atoms with E-state index in [1.54, 1.807) is 0 Å². The van der Waals surface area contributed by atoms with E-state index in [2.05, 4.69) is 46.2 Å². The summed E-state index contributed by atoms with van der Waals surface area (Å²) in [5, 5.41) is 0. The Hall–Kier alpha value is -0.0900. The van der Waals surface area contributed by atoms with Crippen molar-refractivity contribution in [1.29, 1.82) is 0 Å². The van der Waals surface area contributed by atoms with Crippen molar-refractivity contribution >= 4 is 23.5 Å². The van der Waals surface area contributed by atoms with Crippen LogP contribution < -0.4 is 0 Å². The van der Waals surface area contributed by atoms with Gasteiger partial charge in [-0.1, -0.05) is 64.7 Å². The van der Waals surface area contributed by atoms with E-state index in [1.165, 1.54) is 95.0 Å². The topological polar surface area (TPSA) is 17.8 Å². The van der Waals surface area contributed by atoms with Crippen molar-refractivity contribution in [2.75, 3.05) is 11.5 Å². The Morgan fingerprint density at radius 3 is 2.16 bits per heavy atom. The number of hydrogen-bond donors (Lipinski definition) is 0. The molecule has 144 valence electrons. The molecule has 1 aliphatic heterocycles. The molecule has 0 saturated carbocycles. The summed E-state index contributed by atoms with van der Waals surface area (Å²) in [5.74, 6) is 2.74. The first-order chi connectivity index (χ1) is 12.3. The molecule has 1 aromatic rings. The van der Waals surface area contributed by atoms with Crippen molar-refractivity contribution in [3.05, 3.63) is 18.7 Å². The van der Waals surface area contributed by atoms with Crippen molar-refractivity contribution < 1.29 is 0 Å². The van der Waals surface area contributed by atoms with E-state index in [0.29, 0.717) is 4.08 Å². The van der Waals surface area contributed by atoms with Crippen LogP contribution in [0.3, 0.4) is 0 Å². The Balaban J connectivity index is 1.58. The van der Waals surface area contributed by atoms with Crippen molar-refractivity contribution in [2.24, 2.45) is 0 Å². The van der Waals surface area contributed by atoms with E-state index in [0.717, 1.165) is 6.54 Å². The fraction of sp³-hybridized carbons (Fsp3) is 0.857. The summed E-state index contributed by atoms with van der Waals surface area (Å²) in [4.78, 5) is 4.16. The van der Waals surface area contributed by atoms with E-state index >= 15 is 0 Å². The van der Waals surface area contributed by atoms with Crippen molar-refractivity contribution in [1.82, 2.24) is 9.55 Å². The molecule has 0 spiro atoms. The van der Waals surface area contributed by atoms with Crippen LogP contribution in [-0.2, 0) is 6.54 Å². The molecule has 2 heterocycles. The number of aromatic nitrogens is 2. The molecule has 0 radical (unpaired) electrons. The first-order valence-corrected chi connectivity index (χ1v) is 12.6. The predicted octanol–water partition coefficient (Wildman–Crippen LogP) is 7.15. The molecular formula is C21H38N2S2. The maximum atomic E-state index is 4.16. The molecule has 0 unspecified atom stereocenters. The van der Waals surface area contributed by atoms with Gasteiger partial charge in [-0.2, -0.15) is 0 Å². The zero-order chi connectivity index (χ0) is 17.6. The van der Waals surface area contributed by atoms with Gasteiger partial charge in [-0.15, -0.1) is 23.5 Å². The second-order valence-electron chi connectivity index (χ2n) is 7.44. The van der Waals surface area contributed by atoms with Crippen molar-refractivity contribution in [3.63, 3.8) is 0 Å². The summed E-state index contributed by atoms with van der Waals surface area (Å²) >= 11 is 4.53. The highest BCUT2D eigenvalue weighted by atomic mass is 32.2. The van der Waals surface area contributed by atoms with Gasteiger partial charge in [0.1, 0.15) is 0 Å². The Labute approximate surface area is 164 Å². The third-order valence-corrected chi connectivity index (χ3v) is 8.77. The summed E-state index contributed by atoms with van der Waals surface area (Å²) in [7, 11) is 0. The van der Waals surface area contributed by atoms with Crippen LogP contribution >= 0.6 is 23.5 Å². The minimum Gasteiger partial charge on any atom is -0.337 e. The predicted molar refractivity (Wildman–Crippen MR) is 116 cm³/mol. The molecule has 1 saturated heterocycles. The third-order valence-electron chi connectivity index (χ3n) is 5.21. The summed E-state index contributed by atoms with van der Waals surface area (Å²) in [6.45, 7) is 3.42. The lowest BCUT2D eigenvalue weighted by molar-refractivity contribution is 0.516. The van der Waals surface area contributed by atoms with Gasteiger partial charge in [0.25, 0.3) is 0 Å². The largest absolute Gasteiger partial charge is 0.337 e. The Kier molecular flexibility index (Phi) is 11.1. The molecule has 0 aromatic carbocycles. The lowest BCUT2D eigenvalue weighted by atomic mass is 10.0. The molecule has 0 atom stereocenters. The van der Waals surface area contributed by atoms with Crippen LogP contribution in [0.4, 0.5) is 0 Å². The molecule has 25 heavy (non-hydrogen) atoms.